The summed E-state index contributed by atoms with van der Waals surface area (Å²) < 4.78 is 8.16. The number of fused-ring (bicyclic) bond motifs is 1. The van der Waals surface area contributed by atoms with Gasteiger partial charge in [0, 0.05) is 24.5 Å². The van der Waals surface area contributed by atoms with Crippen LogP contribution in [0.15, 0.2) is 42.7 Å². The maximum absolute atomic E-state index is 6.06. The number of aromatic nitrogens is 2. The normalized spacial score (nSPS) is 10.1. The Kier molecular flexibility index (Phi) is 18.2. The third-order valence-corrected chi connectivity index (χ3v) is 5.69. The van der Waals surface area contributed by atoms with Crippen molar-refractivity contribution in [1.82, 2.24) is 14.3 Å². The molecule has 0 saturated carbocycles. The van der Waals surface area contributed by atoms with E-state index in [2.05, 4.69) is 79.7 Å². The van der Waals surface area contributed by atoms with E-state index >= 15 is 0 Å². The number of rotatable bonds is 12. The average Bonchev–Trinajstić information content (AvgIpc) is 3.18. The lowest BCUT2D eigenvalue weighted by Gasteiger charge is -2.22. The number of pyridine rings is 1. The zero-order valence-electron chi connectivity index (χ0n) is 20.9. The zero-order chi connectivity index (χ0) is 21.3. The number of nitrogens with zero attached hydrogens (tertiary/aromatic N) is 3. The van der Waals surface area contributed by atoms with Crippen LogP contribution in [0.3, 0.4) is 0 Å². The Morgan fingerprint density at radius 1 is 0.882 bits per heavy atom. The fourth-order valence-electron chi connectivity index (χ4n) is 3.87. The summed E-state index contributed by atoms with van der Waals surface area (Å²) in [4.78, 5) is 7.43. The van der Waals surface area contributed by atoms with Gasteiger partial charge in [0.1, 0.15) is 11.4 Å². The molecule has 2 N–H and O–H groups in total. The Morgan fingerprint density at radius 3 is 2.12 bits per heavy atom. The molecular weight excluding hydrogens is 493 g/mol. The summed E-state index contributed by atoms with van der Waals surface area (Å²) in [5.41, 5.74) is 5.57. The number of hydrogen-bond acceptors (Lipinski definition) is 3. The molecule has 0 unspecified atom stereocenters. The Morgan fingerprint density at radius 2 is 1.53 bits per heavy atom. The van der Waals surface area contributed by atoms with Gasteiger partial charge in [-0.15, -0.1) is 37.2 Å². The number of halogens is 3. The largest absolute Gasteiger partial charge is 0.494 e. The number of hydrogen-bond donors (Lipinski definition) is 0. The van der Waals surface area contributed by atoms with Crippen molar-refractivity contribution in [3.05, 3.63) is 53.9 Å². The monoisotopic (exact) mass is 533 g/mol. The van der Waals surface area contributed by atoms with Crippen LogP contribution in [0.4, 0.5) is 0 Å². The highest BCUT2D eigenvalue weighted by Crippen LogP contribution is 2.27. The van der Waals surface area contributed by atoms with Gasteiger partial charge in [0.05, 0.1) is 12.3 Å². The van der Waals surface area contributed by atoms with Crippen molar-refractivity contribution in [1.29, 1.82) is 0 Å². The molecule has 2 aromatic heterocycles. The molecule has 34 heavy (non-hydrogen) atoms. The third kappa shape index (κ3) is 9.63. The van der Waals surface area contributed by atoms with Crippen LogP contribution in [-0.4, -0.2) is 46.0 Å². The fourth-order valence-corrected chi connectivity index (χ4v) is 3.87. The maximum Gasteiger partial charge on any atom is 0.140 e. The molecule has 5 nitrogen and oxygen atoms in total. The van der Waals surface area contributed by atoms with Gasteiger partial charge < -0.3 is 19.5 Å². The summed E-state index contributed by atoms with van der Waals surface area (Å²) in [6, 6.07) is 10.5. The van der Waals surface area contributed by atoms with Gasteiger partial charge in [0.25, 0.3) is 0 Å². The molecule has 0 bridgehead atoms. The van der Waals surface area contributed by atoms with Crippen LogP contribution in [0.5, 0.6) is 5.75 Å². The summed E-state index contributed by atoms with van der Waals surface area (Å²) in [5.74, 6) is 0.949. The highest BCUT2D eigenvalue weighted by molar-refractivity contribution is 5.86. The molecule has 3 rings (SSSR count). The first kappa shape index (κ1) is 34.7. The van der Waals surface area contributed by atoms with Crippen molar-refractivity contribution in [2.45, 2.75) is 59.8 Å². The molecule has 0 spiro atoms. The van der Waals surface area contributed by atoms with Crippen LogP contribution in [0.25, 0.3) is 16.9 Å². The Hall–Kier alpha value is -1.50. The topological polar surface area (TPSA) is 61.3 Å². The molecule has 0 aliphatic carbocycles. The van der Waals surface area contributed by atoms with Crippen molar-refractivity contribution in [3.63, 3.8) is 0 Å². The lowest BCUT2D eigenvalue weighted by molar-refractivity contribution is 0.229. The fraction of sp³-hybridized carbons (Fsp3) is 0.500. The van der Waals surface area contributed by atoms with Gasteiger partial charge in [-0.2, -0.15) is 0 Å². The van der Waals surface area contributed by atoms with Gasteiger partial charge in [0.2, 0.25) is 0 Å². The van der Waals surface area contributed by atoms with E-state index in [4.69, 9.17) is 9.72 Å². The molecule has 2 heterocycles. The molecule has 0 radical (unpaired) electrons. The van der Waals surface area contributed by atoms with Crippen LogP contribution >= 0.6 is 37.2 Å². The number of ether oxygens (including phenoxy) is 1. The van der Waals surface area contributed by atoms with Gasteiger partial charge in [-0.1, -0.05) is 32.8 Å². The minimum Gasteiger partial charge on any atom is -0.494 e. The molecule has 8 heteroatoms. The van der Waals surface area contributed by atoms with E-state index in [1.165, 1.54) is 49.9 Å². The zero-order valence-corrected chi connectivity index (χ0v) is 23.3. The van der Waals surface area contributed by atoms with Gasteiger partial charge in [-0.05, 0) is 81.6 Å². The second-order valence-electron chi connectivity index (χ2n) is 8.28. The van der Waals surface area contributed by atoms with Crippen LogP contribution < -0.4 is 4.74 Å². The van der Waals surface area contributed by atoms with Crippen LogP contribution in [-0.2, 0) is 0 Å². The number of unbranched alkanes of at least 4 members (excludes halogenated alkanes) is 2. The molecule has 0 atom stereocenters. The second-order valence-corrected chi connectivity index (χ2v) is 8.28. The second kappa shape index (κ2) is 17.9. The first-order valence-corrected chi connectivity index (χ1v) is 11.5. The molecule has 194 valence electrons. The minimum absolute atomic E-state index is 0. The van der Waals surface area contributed by atoms with Crippen molar-refractivity contribution < 1.29 is 10.2 Å². The number of imidazole rings is 1. The molecule has 1 aromatic carbocycles. The Bertz CT molecular complexity index is 942. The molecular formula is C26H42Cl3N3O2. The lowest BCUT2D eigenvalue weighted by atomic mass is 10.1. The van der Waals surface area contributed by atoms with E-state index in [1.54, 1.807) is 0 Å². The SMILES string of the molecule is CCCCN(CCCC)CCCOc1ccc(-c2cn3cccc(C)c3n2)c(C)c1.Cl.Cl.Cl.O. The van der Waals surface area contributed by atoms with Crippen LogP contribution in [0.2, 0.25) is 0 Å². The van der Waals surface area contributed by atoms with Crippen LogP contribution in [0, 0.1) is 13.8 Å². The summed E-state index contributed by atoms with van der Waals surface area (Å²) in [6.45, 7) is 13.1. The minimum atomic E-state index is 0. The molecule has 0 amide bonds. The van der Waals surface area contributed by atoms with E-state index in [1.807, 2.05) is 0 Å². The van der Waals surface area contributed by atoms with Crippen LogP contribution in [0.1, 0.15) is 57.1 Å². The van der Waals surface area contributed by atoms with E-state index in [9.17, 15) is 0 Å². The predicted octanol–water partition coefficient (Wildman–Crippen LogP) is 6.73. The van der Waals surface area contributed by atoms with E-state index < -0.39 is 0 Å². The summed E-state index contributed by atoms with van der Waals surface area (Å²) >= 11 is 0. The molecule has 0 aliphatic heterocycles. The van der Waals surface area contributed by atoms with Crippen molar-refractivity contribution in [3.8, 4) is 17.0 Å². The van der Waals surface area contributed by atoms with Gasteiger partial charge >= 0.3 is 0 Å². The van der Waals surface area contributed by atoms with Crippen molar-refractivity contribution in [2.75, 3.05) is 26.2 Å². The van der Waals surface area contributed by atoms with Gasteiger partial charge in [-0.3, -0.25) is 0 Å². The highest BCUT2D eigenvalue weighted by atomic mass is 35.5. The molecule has 0 fully saturated rings. The quantitative estimate of drug-likeness (QED) is 0.242. The van der Waals surface area contributed by atoms with Crippen molar-refractivity contribution >= 4 is 42.9 Å². The standard InChI is InChI=1S/C26H37N3O.3ClH.H2O/c1-5-7-14-28(15-8-6-2)16-10-18-30-23-12-13-24(22(4)19-23)25-20-29-17-9-11-21(3)26(29)27-25;;;;/h9,11-13,17,19-20H,5-8,10,14-16,18H2,1-4H3;3*1H;1H2. The van der Waals surface area contributed by atoms with E-state index in [0.717, 1.165) is 42.2 Å². The average molecular weight is 535 g/mol. The van der Waals surface area contributed by atoms with Gasteiger partial charge in [-0.25, -0.2) is 4.98 Å². The smallest absolute Gasteiger partial charge is 0.140 e. The lowest BCUT2D eigenvalue weighted by Crippen LogP contribution is -2.28. The van der Waals surface area contributed by atoms with Crippen molar-refractivity contribution in [2.24, 2.45) is 0 Å². The Labute approximate surface area is 223 Å². The summed E-state index contributed by atoms with van der Waals surface area (Å²) in [6.07, 6.45) is 10.3. The Balaban J connectivity index is 0. The third-order valence-electron chi connectivity index (χ3n) is 5.69. The van der Waals surface area contributed by atoms with E-state index in [-0.39, 0.29) is 42.7 Å². The summed E-state index contributed by atoms with van der Waals surface area (Å²) in [7, 11) is 0. The van der Waals surface area contributed by atoms with E-state index in [0.29, 0.717) is 0 Å². The molecule has 0 saturated heterocycles. The van der Waals surface area contributed by atoms with Gasteiger partial charge in [0.15, 0.2) is 0 Å². The highest BCUT2D eigenvalue weighted by Gasteiger charge is 2.10. The number of benzene rings is 1. The first-order chi connectivity index (χ1) is 14.6. The molecule has 0 aliphatic rings. The maximum atomic E-state index is 6.06. The first-order valence-electron chi connectivity index (χ1n) is 11.5. The predicted molar refractivity (Wildman–Crippen MR) is 152 cm³/mol. The number of aryl methyl sites for hydroxylation is 2. The summed E-state index contributed by atoms with van der Waals surface area (Å²) in [5, 5.41) is 0. The molecule has 3 aromatic rings.